The van der Waals surface area contributed by atoms with Crippen molar-refractivity contribution in [3.63, 3.8) is 0 Å². The topological polar surface area (TPSA) is 95.9 Å². The highest BCUT2D eigenvalue weighted by Crippen LogP contribution is 2.31. The van der Waals surface area contributed by atoms with Gasteiger partial charge in [0.25, 0.3) is 0 Å². The number of nitrogens with one attached hydrogen (secondary N) is 1. The van der Waals surface area contributed by atoms with Crippen molar-refractivity contribution in [2.75, 3.05) is 33.3 Å². The second kappa shape index (κ2) is 10.5. The molecular formula is C14H23F3N2O5S. The van der Waals surface area contributed by atoms with Gasteiger partial charge >= 0.3 is 18.1 Å². The minimum atomic E-state index is -5.08. The maximum atomic E-state index is 11.6. The summed E-state index contributed by atoms with van der Waals surface area (Å²) in [6.45, 7) is 3.94. The number of carboxylic acids is 1. The molecule has 0 spiro atoms. The fourth-order valence-electron chi connectivity index (χ4n) is 1.92. The average molecular weight is 388 g/mol. The summed E-state index contributed by atoms with van der Waals surface area (Å²) in [5, 5.41) is 9.70. The van der Waals surface area contributed by atoms with Gasteiger partial charge in [-0.3, -0.25) is 9.59 Å². The molecule has 1 rings (SSSR count). The lowest BCUT2D eigenvalue weighted by Gasteiger charge is -2.36. The minimum absolute atomic E-state index is 0.118. The van der Waals surface area contributed by atoms with Crippen LogP contribution in [0.25, 0.3) is 0 Å². The Morgan fingerprint density at radius 1 is 1.28 bits per heavy atom. The van der Waals surface area contributed by atoms with Gasteiger partial charge in [-0.1, -0.05) is 0 Å². The van der Waals surface area contributed by atoms with Crippen LogP contribution in [-0.4, -0.2) is 72.1 Å². The molecule has 11 heteroatoms. The molecule has 0 bridgehead atoms. The van der Waals surface area contributed by atoms with Gasteiger partial charge in [0.05, 0.1) is 13.0 Å². The maximum absolute atomic E-state index is 11.6. The van der Waals surface area contributed by atoms with Crippen LogP contribution < -0.4 is 5.32 Å². The first-order valence-corrected chi connectivity index (χ1v) is 7.91. The molecule has 2 N–H and O–H groups in total. The lowest BCUT2D eigenvalue weighted by molar-refractivity contribution is -0.192. The van der Waals surface area contributed by atoms with E-state index >= 15 is 0 Å². The highest BCUT2D eigenvalue weighted by atomic mass is 32.1. The fourth-order valence-corrected chi connectivity index (χ4v) is 2.25. The van der Waals surface area contributed by atoms with Crippen molar-refractivity contribution in [2.45, 2.75) is 37.1 Å². The lowest BCUT2D eigenvalue weighted by Crippen LogP contribution is -2.40. The van der Waals surface area contributed by atoms with Crippen LogP contribution >= 0.6 is 12.6 Å². The summed E-state index contributed by atoms with van der Waals surface area (Å²) >= 11 is 4.61. The molecule has 0 atom stereocenters. The number of hydrogen-bond donors (Lipinski definition) is 3. The van der Waals surface area contributed by atoms with Gasteiger partial charge in [-0.25, -0.2) is 4.79 Å². The molecule has 0 aromatic carbocycles. The van der Waals surface area contributed by atoms with Crippen molar-refractivity contribution in [3.8, 4) is 0 Å². The molecule has 1 aliphatic heterocycles. The number of amides is 1. The second-order valence-electron chi connectivity index (χ2n) is 5.71. The van der Waals surface area contributed by atoms with Gasteiger partial charge in [0.1, 0.15) is 6.61 Å². The van der Waals surface area contributed by atoms with E-state index in [0.717, 1.165) is 25.9 Å². The third-order valence-corrected chi connectivity index (χ3v) is 3.98. The van der Waals surface area contributed by atoms with Crippen LogP contribution in [-0.2, 0) is 19.1 Å². The number of likely N-dealkylation sites (tertiary alicyclic amines) is 1. The number of hydrogen-bond acceptors (Lipinski definition) is 6. The summed E-state index contributed by atoms with van der Waals surface area (Å²) in [6, 6.07) is 0. The van der Waals surface area contributed by atoms with Gasteiger partial charge in [-0.15, -0.1) is 0 Å². The zero-order chi connectivity index (χ0) is 19.7. The molecule has 1 saturated heterocycles. The van der Waals surface area contributed by atoms with Gasteiger partial charge in [0.15, 0.2) is 0 Å². The van der Waals surface area contributed by atoms with Crippen LogP contribution in [0.2, 0.25) is 0 Å². The van der Waals surface area contributed by atoms with Crippen LogP contribution in [0, 0.1) is 0 Å². The van der Waals surface area contributed by atoms with Gasteiger partial charge in [-0.05, 0) is 33.0 Å². The summed E-state index contributed by atoms with van der Waals surface area (Å²) in [7, 11) is 2.07. The van der Waals surface area contributed by atoms with Crippen LogP contribution in [0.4, 0.5) is 13.2 Å². The Hall–Kier alpha value is -1.49. The summed E-state index contributed by atoms with van der Waals surface area (Å²) in [6.07, 6.45) is -2.95. The van der Waals surface area contributed by atoms with E-state index in [1.165, 1.54) is 6.92 Å². The fraction of sp³-hybridized carbons (Fsp3) is 0.786. The number of thiol groups is 1. The molecule has 0 aromatic rings. The predicted octanol–water partition coefficient (Wildman–Crippen LogP) is 1.08. The summed E-state index contributed by atoms with van der Waals surface area (Å²) in [5.41, 5.74) is 0. The van der Waals surface area contributed by atoms with Gasteiger partial charge < -0.3 is 20.1 Å². The number of rotatable bonds is 5. The summed E-state index contributed by atoms with van der Waals surface area (Å²) < 4.78 is 36.6. The van der Waals surface area contributed by atoms with Crippen molar-refractivity contribution in [2.24, 2.45) is 0 Å². The van der Waals surface area contributed by atoms with E-state index in [1.54, 1.807) is 0 Å². The number of carbonyl (C=O) groups is 3. The number of alkyl halides is 3. The Labute approximate surface area is 149 Å². The van der Waals surface area contributed by atoms with Crippen molar-refractivity contribution in [3.05, 3.63) is 0 Å². The molecular weight excluding hydrogens is 365 g/mol. The first-order valence-electron chi connectivity index (χ1n) is 7.47. The van der Waals surface area contributed by atoms with Gasteiger partial charge in [0, 0.05) is 11.7 Å². The Balaban J connectivity index is 0.000000697. The molecule has 1 amide bonds. The van der Waals surface area contributed by atoms with Crippen molar-refractivity contribution < 1.29 is 37.4 Å². The van der Waals surface area contributed by atoms with Crippen molar-refractivity contribution >= 4 is 30.5 Å². The van der Waals surface area contributed by atoms with Crippen LogP contribution in [0.1, 0.15) is 26.2 Å². The number of piperidine rings is 1. The molecule has 25 heavy (non-hydrogen) atoms. The molecule has 7 nitrogen and oxygen atoms in total. The largest absolute Gasteiger partial charge is 0.490 e. The molecule has 0 aromatic heterocycles. The molecule has 0 radical (unpaired) electrons. The van der Waals surface area contributed by atoms with Gasteiger partial charge in [-0.2, -0.15) is 25.8 Å². The highest BCUT2D eigenvalue weighted by molar-refractivity contribution is 7.81. The van der Waals surface area contributed by atoms with E-state index in [0.29, 0.717) is 13.0 Å². The Bertz CT molecular complexity index is 466. The SMILES string of the molecule is CC(=O)NCCOC(=O)CC1(S)CCN(C)CC1.O=C(O)C(F)(F)F. The number of nitrogens with zero attached hydrogens (tertiary/aromatic N) is 1. The molecule has 1 heterocycles. The standard InChI is InChI=1S/C12H22N2O3S.C2HF3O2/c1-10(15)13-5-8-17-11(16)9-12(18)3-6-14(2)7-4-12;3-2(4,5)1(6)7/h18H,3-9H2,1-2H3,(H,13,15);(H,6,7). The quantitative estimate of drug-likeness (QED) is 0.371. The van der Waals surface area contributed by atoms with Gasteiger partial charge in [0.2, 0.25) is 5.91 Å². The average Bonchev–Trinajstić information content (AvgIpc) is 2.46. The van der Waals surface area contributed by atoms with E-state index in [9.17, 15) is 22.8 Å². The zero-order valence-corrected chi connectivity index (χ0v) is 15.0. The first-order chi connectivity index (χ1) is 11.4. The summed E-state index contributed by atoms with van der Waals surface area (Å²) in [5.74, 6) is -3.11. The van der Waals surface area contributed by atoms with E-state index in [4.69, 9.17) is 14.6 Å². The third kappa shape index (κ3) is 11.6. The normalized spacial score (nSPS) is 17.0. The maximum Gasteiger partial charge on any atom is 0.490 e. The zero-order valence-electron chi connectivity index (χ0n) is 14.1. The number of aliphatic carboxylic acids is 1. The van der Waals surface area contributed by atoms with E-state index < -0.39 is 12.1 Å². The van der Waals surface area contributed by atoms with Crippen LogP contribution in [0.3, 0.4) is 0 Å². The van der Waals surface area contributed by atoms with Crippen molar-refractivity contribution in [1.29, 1.82) is 0 Å². The van der Waals surface area contributed by atoms with E-state index in [1.807, 2.05) is 0 Å². The molecule has 0 saturated carbocycles. The Morgan fingerprint density at radius 2 is 1.76 bits per heavy atom. The lowest BCUT2D eigenvalue weighted by atomic mass is 9.92. The number of carboxylic acid groups (broad SMARTS) is 1. The smallest absolute Gasteiger partial charge is 0.475 e. The minimum Gasteiger partial charge on any atom is -0.475 e. The number of carbonyl (C=O) groups excluding carboxylic acids is 2. The van der Waals surface area contributed by atoms with Crippen LogP contribution in [0.15, 0.2) is 0 Å². The Morgan fingerprint density at radius 3 is 2.16 bits per heavy atom. The van der Waals surface area contributed by atoms with Crippen molar-refractivity contribution in [1.82, 2.24) is 10.2 Å². The molecule has 1 aliphatic rings. The predicted molar refractivity (Wildman–Crippen MR) is 86.4 cm³/mol. The molecule has 1 fully saturated rings. The Kier molecular flexibility index (Phi) is 9.86. The highest BCUT2D eigenvalue weighted by Gasteiger charge is 2.38. The van der Waals surface area contributed by atoms with Crippen LogP contribution in [0.5, 0.6) is 0 Å². The molecule has 0 aliphatic carbocycles. The van der Waals surface area contributed by atoms with E-state index in [2.05, 4.69) is 29.9 Å². The summed E-state index contributed by atoms with van der Waals surface area (Å²) in [4.78, 5) is 33.4. The number of ether oxygens (including phenoxy) is 1. The second-order valence-corrected chi connectivity index (χ2v) is 6.66. The first kappa shape index (κ1) is 23.5. The monoisotopic (exact) mass is 388 g/mol. The number of esters is 1. The molecule has 0 unspecified atom stereocenters. The number of halogens is 3. The molecule has 146 valence electrons. The van der Waals surface area contributed by atoms with E-state index in [-0.39, 0.29) is 23.2 Å². The third-order valence-electron chi connectivity index (χ3n) is 3.37.